The van der Waals surface area contributed by atoms with Crippen LogP contribution in [0.5, 0.6) is 5.75 Å². The maximum Gasteiger partial charge on any atom is 0.255 e. The average Bonchev–Trinajstić information content (AvgIpc) is 3.29. The quantitative estimate of drug-likeness (QED) is 0.808. The summed E-state index contributed by atoms with van der Waals surface area (Å²) in [6, 6.07) is 7.69. The van der Waals surface area contributed by atoms with Crippen LogP contribution in [0, 0.1) is 5.92 Å². The van der Waals surface area contributed by atoms with Gasteiger partial charge in [-0.2, -0.15) is 0 Å². The lowest BCUT2D eigenvalue weighted by Crippen LogP contribution is -2.38. The van der Waals surface area contributed by atoms with E-state index in [1.54, 1.807) is 18.2 Å². The van der Waals surface area contributed by atoms with Gasteiger partial charge >= 0.3 is 0 Å². The van der Waals surface area contributed by atoms with Gasteiger partial charge in [0.2, 0.25) is 5.91 Å². The van der Waals surface area contributed by atoms with Crippen molar-refractivity contribution in [3.8, 4) is 5.75 Å². The lowest BCUT2D eigenvalue weighted by molar-refractivity contribution is -0.127. The van der Waals surface area contributed by atoms with E-state index in [4.69, 9.17) is 10.5 Å². The molecule has 5 heteroatoms. The number of hydrogen-bond donors (Lipinski definition) is 1. The van der Waals surface area contributed by atoms with Crippen LogP contribution < -0.4 is 10.5 Å². The van der Waals surface area contributed by atoms with Crippen molar-refractivity contribution >= 4 is 17.9 Å². The molecule has 2 aliphatic rings. The Labute approximate surface area is 148 Å². The van der Waals surface area contributed by atoms with Crippen LogP contribution in [0.25, 0.3) is 6.08 Å². The van der Waals surface area contributed by atoms with Gasteiger partial charge in [0.1, 0.15) is 5.75 Å². The van der Waals surface area contributed by atoms with Gasteiger partial charge in [-0.1, -0.05) is 25.0 Å². The van der Waals surface area contributed by atoms with Crippen molar-refractivity contribution in [2.45, 2.75) is 44.6 Å². The molecule has 0 radical (unpaired) electrons. The van der Waals surface area contributed by atoms with E-state index in [0.29, 0.717) is 17.7 Å². The monoisotopic (exact) mass is 342 g/mol. The molecule has 0 spiro atoms. The highest BCUT2D eigenvalue weighted by Crippen LogP contribution is 2.35. The SMILES string of the molecule is NC(=O)COc1ccc(/C=C\C(=O)N2CCC[C@@H]2C2CCCC2)cc1. The third kappa shape index (κ3) is 4.62. The summed E-state index contributed by atoms with van der Waals surface area (Å²) < 4.78 is 5.23. The number of carbonyl (C=O) groups is 2. The van der Waals surface area contributed by atoms with Gasteiger partial charge < -0.3 is 15.4 Å². The molecular weight excluding hydrogens is 316 g/mol. The first-order valence-electron chi connectivity index (χ1n) is 9.13. The summed E-state index contributed by atoms with van der Waals surface area (Å²) in [5, 5.41) is 0. The van der Waals surface area contributed by atoms with E-state index in [-0.39, 0.29) is 12.5 Å². The Kier molecular flexibility index (Phi) is 5.74. The lowest BCUT2D eigenvalue weighted by Gasteiger charge is -2.28. The first-order chi connectivity index (χ1) is 12.1. The van der Waals surface area contributed by atoms with Gasteiger partial charge in [-0.25, -0.2) is 0 Å². The van der Waals surface area contributed by atoms with E-state index in [2.05, 4.69) is 4.90 Å². The van der Waals surface area contributed by atoms with Crippen molar-refractivity contribution < 1.29 is 14.3 Å². The van der Waals surface area contributed by atoms with E-state index in [0.717, 1.165) is 24.9 Å². The Balaban J connectivity index is 1.57. The summed E-state index contributed by atoms with van der Waals surface area (Å²) in [5.41, 5.74) is 5.98. The number of benzene rings is 1. The predicted octanol–water partition coefficient (Wildman–Crippen LogP) is 2.75. The van der Waals surface area contributed by atoms with Crippen molar-refractivity contribution in [3.63, 3.8) is 0 Å². The molecule has 1 saturated heterocycles. The summed E-state index contributed by atoms with van der Waals surface area (Å²) in [6.07, 6.45) is 10.9. The van der Waals surface area contributed by atoms with Crippen molar-refractivity contribution in [1.29, 1.82) is 0 Å². The zero-order chi connectivity index (χ0) is 17.6. The van der Waals surface area contributed by atoms with Gasteiger partial charge in [-0.15, -0.1) is 0 Å². The molecule has 1 aromatic rings. The molecule has 134 valence electrons. The third-order valence-electron chi connectivity index (χ3n) is 5.21. The van der Waals surface area contributed by atoms with Crippen LogP contribution >= 0.6 is 0 Å². The van der Waals surface area contributed by atoms with Gasteiger partial charge in [0.05, 0.1) is 0 Å². The fourth-order valence-electron chi connectivity index (χ4n) is 3.99. The third-order valence-corrected chi connectivity index (χ3v) is 5.21. The molecule has 0 aromatic heterocycles. The molecule has 2 amide bonds. The Morgan fingerprint density at radius 1 is 1.12 bits per heavy atom. The van der Waals surface area contributed by atoms with Crippen molar-refractivity contribution in [2.75, 3.05) is 13.2 Å². The van der Waals surface area contributed by atoms with E-state index < -0.39 is 5.91 Å². The van der Waals surface area contributed by atoms with Gasteiger partial charge in [0, 0.05) is 18.7 Å². The van der Waals surface area contributed by atoms with Crippen LogP contribution in [0.1, 0.15) is 44.1 Å². The van der Waals surface area contributed by atoms with E-state index >= 15 is 0 Å². The Bertz CT molecular complexity index is 633. The van der Waals surface area contributed by atoms with Crippen molar-refractivity contribution in [3.05, 3.63) is 35.9 Å². The van der Waals surface area contributed by atoms with E-state index in [1.807, 2.05) is 18.2 Å². The second kappa shape index (κ2) is 8.19. The summed E-state index contributed by atoms with van der Waals surface area (Å²) in [4.78, 5) is 25.4. The molecule has 1 aromatic carbocycles. The number of nitrogens with two attached hydrogens (primary N) is 1. The first-order valence-corrected chi connectivity index (χ1v) is 9.13. The van der Waals surface area contributed by atoms with Crippen LogP contribution in [0.15, 0.2) is 30.3 Å². The number of nitrogens with zero attached hydrogens (tertiary/aromatic N) is 1. The molecule has 0 bridgehead atoms. The minimum absolute atomic E-state index is 0.114. The van der Waals surface area contributed by atoms with Crippen LogP contribution in [0.3, 0.4) is 0 Å². The van der Waals surface area contributed by atoms with Gasteiger partial charge in [-0.3, -0.25) is 9.59 Å². The molecule has 1 atom stereocenters. The predicted molar refractivity (Wildman–Crippen MR) is 96.9 cm³/mol. The topological polar surface area (TPSA) is 72.6 Å². The minimum atomic E-state index is -0.503. The number of primary amides is 1. The number of rotatable bonds is 6. The Morgan fingerprint density at radius 2 is 1.84 bits per heavy atom. The largest absolute Gasteiger partial charge is 0.484 e. The van der Waals surface area contributed by atoms with E-state index in [1.165, 1.54) is 25.7 Å². The standard InChI is InChI=1S/C20H26N2O3/c21-19(23)14-25-17-10-7-15(8-11-17)9-12-20(24)22-13-3-6-18(22)16-4-1-2-5-16/h7-12,16,18H,1-6,13-14H2,(H2,21,23)/b12-9-/t18-/m1/s1. The number of ether oxygens (including phenoxy) is 1. The minimum Gasteiger partial charge on any atom is -0.484 e. The second-order valence-electron chi connectivity index (χ2n) is 6.94. The zero-order valence-electron chi connectivity index (χ0n) is 14.5. The highest BCUT2D eigenvalue weighted by atomic mass is 16.5. The molecule has 5 nitrogen and oxygen atoms in total. The highest BCUT2D eigenvalue weighted by Gasteiger charge is 2.34. The van der Waals surface area contributed by atoms with Gasteiger partial charge in [-0.05, 0) is 55.4 Å². The number of amides is 2. The van der Waals surface area contributed by atoms with Crippen molar-refractivity contribution in [2.24, 2.45) is 11.7 Å². The highest BCUT2D eigenvalue weighted by molar-refractivity contribution is 5.92. The summed E-state index contributed by atoms with van der Waals surface area (Å²) in [6.45, 7) is 0.745. The number of carbonyl (C=O) groups excluding carboxylic acids is 2. The molecule has 3 rings (SSSR count). The molecule has 1 aliphatic heterocycles. The molecule has 1 heterocycles. The fraction of sp³-hybridized carbons (Fsp3) is 0.500. The van der Waals surface area contributed by atoms with Crippen LogP contribution in [-0.4, -0.2) is 35.9 Å². The molecule has 2 fully saturated rings. The normalized spacial score (nSPS) is 21.1. The fourth-order valence-corrected chi connectivity index (χ4v) is 3.99. The maximum atomic E-state index is 12.6. The summed E-state index contributed by atoms with van der Waals surface area (Å²) in [5.74, 6) is 0.894. The number of hydrogen-bond acceptors (Lipinski definition) is 3. The molecule has 1 aliphatic carbocycles. The molecule has 25 heavy (non-hydrogen) atoms. The second-order valence-corrected chi connectivity index (χ2v) is 6.94. The molecular formula is C20H26N2O3. The summed E-state index contributed by atoms with van der Waals surface area (Å²) in [7, 11) is 0. The van der Waals surface area contributed by atoms with Gasteiger partial charge in [0.15, 0.2) is 6.61 Å². The van der Waals surface area contributed by atoms with Crippen LogP contribution in [0.4, 0.5) is 0 Å². The van der Waals surface area contributed by atoms with E-state index in [9.17, 15) is 9.59 Å². The lowest BCUT2D eigenvalue weighted by atomic mass is 9.96. The van der Waals surface area contributed by atoms with Crippen LogP contribution in [0.2, 0.25) is 0 Å². The van der Waals surface area contributed by atoms with Crippen LogP contribution in [-0.2, 0) is 9.59 Å². The van der Waals surface area contributed by atoms with Gasteiger partial charge in [0.25, 0.3) is 5.91 Å². The smallest absolute Gasteiger partial charge is 0.255 e. The van der Waals surface area contributed by atoms with Crippen molar-refractivity contribution in [1.82, 2.24) is 4.90 Å². The number of likely N-dealkylation sites (tertiary alicyclic amines) is 1. The molecule has 2 N–H and O–H groups in total. The maximum absolute atomic E-state index is 12.6. The average molecular weight is 342 g/mol. The molecule has 1 saturated carbocycles. The Hall–Kier alpha value is -2.30. The summed E-state index contributed by atoms with van der Waals surface area (Å²) >= 11 is 0. The first kappa shape index (κ1) is 17.5. The molecule has 0 unspecified atom stereocenters. The zero-order valence-corrected chi connectivity index (χ0v) is 14.5. The Morgan fingerprint density at radius 3 is 2.52 bits per heavy atom.